The Morgan fingerprint density at radius 1 is 1.17 bits per heavy atom. The number of esters is 1. The predicted octanol–water partition coefficient (Wildman–Crippen LogP) is 3.88. The van der Waals surface area contributed by atoms with Crippen LogP contribution in [0, 0.1) is 0 Å². The number of carbonyl (C=O) groups is 2. The van der Waals surface area contributed by atoms with Gasteiger partial charge in [0, 0.05) is 11.6 Å². The number of halogens is 1. The Morgan fingerprint density at radius 3 is 2.43 bits per heavy atom. The Kier molecular flexibility index (Phi) is 5.76. The Hall–Kier alpha value is -2.34. The van der Waals surface area contributed by atoms with Crippen LogP contribution in [0.15, 0.2) is 51.6 Å². The third-order valence-corrected chi connectivity index (χ3v) is 3.44. The Bertz CT molecular complexity index is 715. The van der Waals surface area contributed by atoms with Gasteiger partial charge < -0.3 is 13.9 Å². The molecule has 0 bridgehead atoms. The third kappa shape index (κ3) is 4.82. The van der Waals surface area contributed by atoms with Crippen molar-refractivity contribution in [1.29, 1.82) is 0 Å². The first-order chi connectivity index (χ1) is 11.0. The number of Topliss-reactive ketones (excluding diaryl/α,β-unsaturated/α-hetero) is 1. The van der Waals surface area contributed by atoms with Crippen molar-refractivity contribution in [2.75, 3.05) is 7.11 Å². The first-order valence-corrected chi connectivity index (χ1v) is 7.61. The van der Waals surface area contributed by atoms with Crippen LogP contribution in [0.3, 0.4) is 0 Å². The van der Waals surface area contributed by atoms with Crippen molar-refractivity contribution in [3.63, 3.8) is 0 Å². The number of hydrogen-bond acceptors (Lipinski definition) is 5. The molecular formula is C17H15BrO5. The van der Waals surface area contributed by atoms with Gasteiger partial charge in [0.15, 0.2) is 10.8 Å². The average Bonchev–Trinajstić information content (AvgIpc) is 2.97. The molecule has 23 heavy (non-hydrogen) atoms. The third-order valence-electron chi connectivity index (χ3n) is 3.01. The summed E-state index contributed by atoms with van der Waals surface area (Å²) in [5, 5.41) is 0. The molecule has 1 atom stereocenters. The summed E-state index contributed by atoms with van der Waals surface area (Å²) >= 11 is 3.16. The van der Waals surface area contributed by atoms with Gasteiger partial charge in [-0.3, -0.25) is 4.79 Å². The van der Waals surface area contributed by atoms with Crippen molar-refractivity contribution in [2.45, 2.75) is 13.0 Å². The van der Waals surface area contributed by atoms with E-state index < -0.39 is 12.1 Å². The standard InChI is InChI=1S/C17H15BrO5/c1-11(17(20)12-3-5-13(21-2)6-4-12)22-16(19)10-8-14-7-9-15(18)23-14/h3-11H,1-2H3/b10-8+/t11-/m1/s1. The van der Waals surface area contributed by atoms with Crippen molar-refractivity contribution in [3.05, 3.63) is 58.5 Å². The monoisotopic (exact) mass is 378 g/mol. The minimum atomic E-state index is -0.885. The molecule has 0 fully saturated rings. The highest BCUT2D eigenvalue weighted by Crippen LogP contribution is 2.16. The van der Waals surface area contributed by atoms with E-state index in [1.807, 2.05) is 0 Å². The van der Waals surface area contributed by atoms with E-state index in [-0.39, 0.29) is 5.78 Å². The predicted molar refractivity (Wildman–Crippen MR) is 88.3 cm³/mol. The van der Waals surface area contributed by atoms with Crippen molar-refractivity contribution >= 4 is 33.8 Å². The molecule has 0 radical (unpaired) electrons. The topological polar surface area (TPSA) is 65.7 Å². The maximum Gasteiger partial charge on any atom is 0.331 e. The molecule has 0 aliphatic heterocycles. The second-order valence-electron chi connectivity index (χ2n) is 4.65. The number of ketones is 1. The SMILES string of the molecule is COc1ccc(C(=O)[C@@H](C)OC(=O)/C=C/c2ccc(Br)o2)cc1. The quantitative estimate of drug-likeness (QED) is 0.433. The van der Waals surface area contributed by atoms with Gasteiger partial charge in [-0.1, -0.05) is 0 Å². The first-order valence-electron chi connectivity index (χ1n) is 6.82. The van der Waals surface area contributed by atoms with Crippen LogP contribution in [0.1, 0.15) is 23.0 Å². The lowest BCUT2D eigenvalue weighted by Gasteiger charge is -2.11. The molecule has 120 valence electrons. The lowest BCUT2D eigenvalue weighted by Crippen LogP contribution is -2.23. The highest BCUT2D eigenvalue weighted by molar-refractivity contribution is 9.10. The Balaban J connectivity index is 1.94. The smallest absolute Gasteiger partial charge is 0.331 e. The molecule has 0 saturated heterocycles. The van der Waals surface area contributed by atoms with E-state index in [1.54, 1.807) is 43.5 Å². The zero-order chi connectivity index (χ0) is 16.8. The summed E-state index contributed by atoms with van der Waals surface area (Å²) in [5.41, 5.74) is 0.449. The maximum atomic E-state index is 12.2. The summed E-state index contributed by atoms with van der Waals surface area (Å²) in [5.74, 6) is 0.253. The summed E-state index contributed by atoms with van der Waals surface area (Å²) in [6.45, 7) is 1.53. The van der Waals surface area contributed by atoms with Crippen LogP contribution in [0.5, 0.6) is 5.75 Å². The summed E-state index contributed by atoms with van der Waals surface area (Å²) < 4.78 is 15.9. The van der Waals surface area contributed by atoms with Crippen molar-refractivity contribution in [3.8, 4) is 5.75 Å². The highest BCUT2D eigenvalue weighted by atomic mass is 79.9. The van der Waals surface area contributed by atoms with Crippen LogP contribution >= 0.6 is 15.9 Å². The van der Waals surface area contributed by atoms with Crippen molar-refractivity contribution in [2.24, 2.45) is 0 Å². The molecule has 1 heterocycles. The normalized spacial score (nSPS) is 12.1. The van der Waals surface area contributed by atoms with Crippen LogP contribution in [-0.2, 0) is 9.53 Å². The van der Waals surface area contributed by atoms with Crippen LogP contribution in [-0.4, -0.2) is 25.0 Å². The van der Waals surface area contributed by atoms with E-state index in [4.69, 9.17) is 13.9 Å². The lowest BCUT2D eigenvalue weighted by molar-refractivity contribution is -0.140. The molecule has 0 aliphatic carbocycles. The fourth-order valence-corrected chi connectivity index (χ4v) is 2.14. The molecular weight excluding hydrogens is 364 g/mol. The van der Waals surface area contributed by atoms with Gasteiger partial charge in [0.05, 0.1) is 7.11 Å². The molecule has 0 unspecified atom stereocenters. The summed E-state index contributed by atoms with van der Waals surface area (Å²) in [4.78, 5) is 23.9. The average molecular weight is 379 g/mol. The maximum absolute atomic E-state index is 12.2. The largest absolute Gasteiger partial charge is 0.497 e. The lowest BCUT2D eigenvalue weighted by atomic mass is 10.1. The molecule has 0 N–H and O–H groups in total. The fraction of sp³-hybridized carbons (Fsp3) is 0.176. The number of benzene rings is 1. The Labute approximate surface area is 142 Å². The zero-order valence-electron chi connectivity index (χ0n) is 12.6. The molecule has 0 spiro atoms. The van der Waals surface area contributed by atoms with Gasteiger partial charge in [-0.25, -0.2) is 4.79 Å². The van der Waals surface area contributed by atoms with Gasteiger partial charge in [0.1, 0.15) is 11.5 Å². The Morgan fingerprint density at radius 2 is 1.87 bits per heavy atom. The van der Waals surface area contributed by atoms with Gasteiger partial charge in [-0.15, -0.1) is 0 Å². The van der Waals surface area contributed by atoms with E-state index in [1.165, 1.54) is 19.1 Å². The summed E-state index contributed by atoms with van der Waals surface area (Å²) in [7, 11) is 1.55. The number of hydrogen-bond donors (Lipinski definition) is 0. The van der Waals surface area contributed by atoms with Crippen LogP contribution in [0.25, 0.3) is 6.08 Å². The van der Waals surface area contributed by atoms with Crippen LogP contribution < -0.4 is 4.74 Å². The van der Waals surface area contributed by atoms with Crippen LogP contribution in [0.2, 0.25) is 0 Å². The van der Waals surface area contributed by atoms with Crippen LogP contribution in [0.4, 0.5) is 0 Å². The number of carbonyl (C=O) groups excluding carboxylic acids is 2. The summed E-state index contributed by atoms with van der Waals surface area (Å²) in [6, 6.07) is 10.0. The highest BCUT2D eigenvalue weighted by Gasteiger charge is 2.18. The molecule has 5 nitrogen and oxygen atoms in total. The number of ether oxygens (including phenoxy) is 2. The molecule has 6 heteroatoms. The van der Waals surface area contributed by atoms with Gasteiger partial charge in [-0.2, -0.15) is 0 Å². The van der Waals surface area contributed by atoms with E-state index in [9.17, 15) is 9.59 Å². The van der Waals surface area contributed by atoms with E-state index in [2.05, 4.69) is 15.9 Å². The van der Waals surface area contributed by atoms with E-state index in [0.717, 1.165) is 0 Å². The molecule has 0 aliphatic rings. The van der Waals surface area contributed by atoms with Gasteiger partial charge in [0.25, 0.3) is 0 Å². The molecule has 2 aromatic rings. The number of rotatable bonds is 6. The molecule has 2 rings (SSSR count). The molecule has 0 saturated carbocycles. The van der Waals surface area contributed by atoms with E-state index >= 15 is 0 Å². The number of furan rings is 1. The molecule has 1 aromatic heterocycles. The zero-order valence-corrected chi connectivity index (χ0v) is 14.2. The first kappa shape index (κ1) is 17.0. The van der Waals surface area contributed by atoms with Crippen molar-refractivity contribution in [1.82, 2.24) is 0 Å². The minimum absolute atomic E-state index is 0.282. The van der Waals surface area contributed by atoms with Crippen molar-refractivity contribution < 1.29 is 23.5 Å². The molecule has 1 aromatic carbocycles. The molecule has 0 amide bonds. The summed E-state index contributed by atoms with van der Waals surface area (Å²) in [6.07, 6.45) is 1.80. The minimum Gasteiger partial charge on any atom is -0.497 e. The van der Waals surface area contributed by atoms with Gasteiger partial charge in [-0.05, 0) is 65.3 Å². The fourth-order valence-electron chi connectivity index (χ4n) is 1.83. The number of methoxy groups -OCH3 is 1. The second kappa shape index (κ2) is 7.78. The van der Waals surface area contributed by atoms with Gasteiger partial charge >= 0.3 is 5.97 Å². The second-order valence-corrected chi connectivity index (χ2v) is 5.43. The van der Waals surface area contributed by atoms with Gasteiger partial charge in [0.2, 0.25) is 5.78 Å². The van der Waals surface area contributed by atoms with E-state index in [0.29, 0.717) is 21.7 Å².